The topological polar surface area (TPSA) is 72.2 Å². The largest absolute Gasteiger partial charge is 0.329 e. The van der Waals surface area contributed by atoms with Crippen molar-refractivity contribution in [3.05, 3.63) is 29.3 Å². The Kier molecular flexibility index (Phi) is 4.54. The average molecular weight is 256 g/mol. The molecule has 0 radical (unpaired) electrons. The highest BCUT2D eigenvalue weighted by atomic mass is 32.2. The first-order valence-corrected chi connectivity index (χ1v) is 7.24. The number of sulfonamides is 1. The average Bonchev–Trinajstić information content (AvgIpc) is 2.24. The van der Waals surface area contributed by atoms with Gasteiger partial charge in [-0.15, -0.1) is 0 Å². The molecule has 17 heavy (non-hydrogen) atoms. The second-order valence-electron chi connectivity index (χ2n) is 4.23. The van der Waals surface area contributed by atoms with Crippen LogP contribution in [0, 0.1) is 13.8 Å². The van der Waals surface area contributed by atoms with Crippen LogP contribution in [0.15, 0.2) is 18.2 Å². The van der Waals surface area contributed by atoms with Gasteiger partial charge < -0.3 is 5.73 Å². The number of nitrogens with one attached hydrogen (secondary N) is 1. The Bertz CT molecular complexity index is 479. The molecule has 5 heteroatoms. The summed E-state index contributed by atoms with van der Waals surface area (Å²) in [4.78, 5) is 0. The Morgan fingerprint density at radius 2 is 2.00 bits per heavy atom. The van der Waals surface area contributed by atoms with E-state index in [2.05, 4.69) is 4.72 Å². The summed E-state index contributed by atoms with van der Waals surface area (Å²) in [5, 5.41) is -0.539. The number of hydrogen-bond donors (Lipinski definition) is 2. The smallest absolute Gasteiger partial charge is 0.236 e. The summed E-state index contributed by atoms with van der Waals surface area (Å²) >= 11 is 0. The number of aryl methyl sites for hydroxylation is 2. The summed E-state index contributed by atoms with van der Waals surface area (Å²) in [7, 11) is -3.39. The van der Waals surface area contributed by atoms with Crippen molar-refractivity contribution in [2.75, 3.05) is 11.3 Å². The third kappa shape index (κ3) is 3.44. The van der Waals surface area contributed by atoms with Gasteiger partial charge in [0.2, 0.25) is 10.0 Å². The lowest BCUT2D eigenvalue weighted by Gasteiger charge is -2.17. The van der Waals surface area contributed by atoms with Crippen LogP contribution in [-0.4, -0.2) is 20.2 Å². The van der Waals surface area contributed by atoms with E-state index in [-0.39, 0.29) is 6.54 Å². The Balaban J connectivity index is 3.01. The molecule has 0 spiro atoms. The molecule has 0 amide bonds. The van der Waals surface area contributed by atoms with Gasteiger partial charge in [-0.1, -0.05) is 19.1 Å². The van der Waals surface area contributed by atoms with Crippen molar-refractivity contribution in [3.8, 4) is 0 Å². The maximum atomic E-state index is 12.0. The third-order valence-electron chi connectivity index (χ3n) is 2.80. The fourth-order valence-electron chi connectivity index (χ4n) is 1.60. The van der Waals surface area contributed by atoms with Gasteiger partial charge in [-0.05, 0) is 37.5 Å². The summed E-state index contributed by atoms with van der Waals surface area (Å²) in [6.07, 6.45) is 0.511. The van der Waals surface area contributed by atoms with E-state index in [1.54, 1.807) is 0 Å². The Labute approximate surface area is 103 Å². The number of rotatable bonds is 5. The molecular formula is C12H20N2O2S. The highest BCUT2D eigenvalue weighted by Gasteiger charge is 2.22. The van der Waals surface area contributed by atoms with Gasteiger partial charge in [-0.2, -0.15) is 0 Å². The first kappa shape index (κ1) is 14.0. The molecule has 0 aromatic heterocycles. The van der Waals surface area contributed by atoms with Crippen LogP contribution in [0.25, 0.3) is 0 Å². The molecule has 0 bridgehead atoms. The molecule has 1 aromatic carbocycles. The predicted molar refractivity (Wildman–Crippen MR) is 71.6 cm³/mol. The second kappa shape index (κ2) is 5.51. The minimum atomic E-state index is -3.39. The molecule has 1 rings (SSSR count). The van der Waals surface area contributed by atoms with Crippen LogP contribution in [0.5, 0.6) is 0 Å². The first-order chi connectivity index (χ1) is 7.90. The van der Waals surface area contributed by atoms with Gasteiger partial charge >= 0.3 is 0 Å². The number of hydrogen-bond acceptors (Lipinski definition) is 3. The second-order valence-corrected chi connectivity index (χ2v) is 6.19. The summed E-state index contributed by atoms with van der Waals surface area (Å²) in [6, 6.07) is 5.68. The van der Waals surface area contributed by atoms with Crippen molar-refractivity contribution in [1.82, 2.24) is 0 Å². The molecule has 3 N–H and O–H groups in total. The SMILES string of the molecule is CCC(CN)S(=O)(=O)Nc1cc(C)ccc1C. The summed E-state index contributed by atoms with van der Waals surface area (Å²) in [6.45, 7) is 5.76. The van der Waals surface area contributed by atoms with Gasteiger partial charge in [0.15, 0.2) is 0 Å². The molecule has 0 saturated carbocycles. The van der Waals surface area contributed by atoms with Crippen molar-refractivity contribution in [2.45, 2.75) is 32.4 Å². The Hall–Kier alpha value is -1.07. The van der Waals surface area contributed by atoms with Crippen LogP contribution < -0.4 is 10.5 Å². The molecule has 0 fully saturated rings. The van der Waals surface area contributed by atoms with Crippen LogP contribution >= 0.6 is 0 Å². The van der Waals surface area contributed by atoms with E-state index < -0.39 is 15.3 Å². The zero-order valence-corrected chi connectivity index (χ0v) is 11.3. The molecular weight excluding hydrogens is 236 g/mol. The van der Waals surface area contributed by atoms with E-state index in [0.29, 0.717) is 12.1 Å². The lowest BCUT2D eigenvalue weighted by molar-refractivity contribution is 0.581. The molecule has 4 nitrogen and oxygen atoms in total. The normalized spacial score (nSPS) is 13.4. The molecule has 1 unspecified atom stereocenters. The van der Waals surface area contributed by atoms with Crippen molar-refractivity contribution < 1.29 is 8.42 Å². The molecule has 0 heterocycles. The molecule has 0 saturated heterocycles. The number of anilines is 1. The van der Waals surface area contributed by atoms with Gasteiger partial charge in [-0.3, -0.25) is 4.72 Å². The Morgan fingerprint density at radius 1 is 1.35 bits per heavy atom. The Morgan fingerprint density at radius 3 is 2.53 bits per heavy atom. The zero-order valence-electron chi connectivity index (χ0n) is 10.5. The van der Waals surface area contributed by atoms with E-state index in [1.165, 1.54) is 0 Å². The fraction of sp³-hybridized carbons (Fsp3) is 0.500. The van der Waals surface area contributed by atoms with E-state index >= 15 is 0 Å². The van der Waals surface area contributed by atoms with Crippen LogP contribution in [0.2, 0.25) is 0 Å². The molecule has 96 valence electrons. The quantitative estimate of drug-likeness (QED) is 0.843. The van der Waals surface area contributed by atoms with Crippen LogP contribution in [0.3, 0.4) is 0 Å². The van der Waals surface area contributed by atoms with Crippen molar-refractivity contribution >= 4 is 15.7 Å². The minimum Gasteiger partial charge on any atom is -0.329 e. The van der Waals surface area contributed by atoms with E-state index in [1.807, 2.05) is 39.0 Å². The van der Waals surface area contributed by atoms with E-state index in [0.717, 1.165) is 11.1 Å². The lowest BCUT2D eigenvalue weighted by Crippen LogP contribution is -2.33. The monoisotopic (exact) mass is 256 g/mol. The number of nitrogens with two attached hydrogens (primary N) is 1. The van der Waals surface area contributed by atoms with Crippen molar-refractivity contribution in [3.63, 3.8) is 0 Å². The fourth-order valence-corrected chi connectivity index (χ4v) is 2.98. The summed E-state index contributed by atoms with van der Waals surface area (Å²) < 4.78 is 26.7. The first-order valence-electron chi connectivity index (χ1n) is 5.69. The summed E-state index contributed by atoms with van der Waals surface area (Å²) in [5.74, 6) is 0. The van der Waals surface area contributed by atoms with E-state index in [9.17, 15) is 8.42 Å². The van der Waals surface area contributed by atoms with Gasteiger partial charge in [0, 0.05) is 6.54 Å². The van der Waals surface area contributed by atoms with Gasteiger partial charge in [0.05, 0.1) is 10.9 Å². The van der Waals surface area contributed by atoms with E-state index in [4.69, 9.17) is 5.73 Å². The molecule has 0 aliphatic rings. The van der Waals surface area contributed by atoms with Crippen LogP contribution in [0.1, 0.15) is 24.5 Å². The number of benzene rings is 1. The van der Waals surface area contributed by atoms with Crippen molar-refractivity contribution in [2.24, 2.45) is 5.73 Å². The molecule has 0 aliphatic heterocycles. The third-order valence-corrected chi connectivity index (χ3v) is 4.71. The van der Waals surface area contributed by atoms with Gasteiger partial charge in [0.1, 0.15) is 0 Å². The summed E-state index contributed by atoms with van der Waals surface area (Å²) in [5.41, 5.74) is 8.04. The maximum Gasteiger partial charge on any atom is 0.236 e. The van der Waals surface area contributed by atoms with Crippen LogP contribution in [0.4, 0.5) is 5.69 Å². The maximum absolute atomic E-state index is 12.0. The molecule has 0 aliphatic carbocycles. The molecule has 1 aromatic rings. The molecule has 1 atom stereocenters. The highest BCUT2D eigenvalue weighted by molar-refractivity contribution is 7.93. The lowest BCUT2D eigenvalue weighted by atomic mass is 10.1. The van der Waals surface area contributed by atoms with Gasteiger partial charge in [0.25, 0.3) is 0 Å². The highest BCUT2D eigenvalue weighted by Crippen LogP contribution is 2.19. The van der Waals surface area contributed by atoms with Crippen LogP contribution in [-0.2, 0) is 10.0 Å². The standard InChI is InChI=1S/C12H20N2O2S/c1-4-11(8-13)17(15,16)14-12-7-9(2)5-6-10(12)3/h5-7,11,14H,4,8,13H2,1-3H3. The zero-order chi connectivity index (χ0) is 13.1. The van der Waals surface area contributed by atoms with Gasteiger partial charge in [-0.25, -0.2) is 8.42 Å². The minimum absolute atomic E-state index is 0.136. The predicted octanol–water partition coefficient (Wildman–Crippen LogP) is 1.78. The van der Waals surface area contributed by atoms with Crippen molar-refractivity contribution in [1.29, 1.82) is 0 Å².